The summed E-state index contributed by atoms with van der Waals surface area (Å²) in [5.74, 6) is 1.15. The third kappa shape index (κ3) is 3.72. The van der Waals surface area contributed by atoms with E-state index in [1.807, 2.05) is 0 Å². The van der Waals surface area contributed by atoms with Crippen molar-refractivity contribution < 1.29 is 14.2 Å². The van der Waals surface area contributed by atoms with E-state index in [4.69, 9.17) is 25.8 Å². The summed E-state index contributed by atoms with van der Waals surface area (Å²) >= 11 is 6.20. The van der Waals surface area contributed by atoms with Crippen LogP contribution in [0.1, 0.15) is 13.8 Å². The van der Waals surface area contributed by atoms with E-state index in [1.165, 1.54) is 0 Å². The van der Waals surface area contributed by atoms with Gasteiger partial charge < -0.3 is 24.0 Å². The summed E-state index contributed by atoms with van der Waals surface area (Å²) in [7, 11) is 1.68. The van der Waals surface area contributed by atoms with E-state index >= 15 is 0 Å². The van der Waals surface area contributed by atoms with Gasteiger partial charge in [0.15, 0.2) is 0 Å². The number of ether oxygens (including phenoxy) is 3. The smallest absolute Gasteiger partial charge is 0.232 e. The molecule has 0 aliphatic carbocycles. The Labute approximate surface area is 147 Å². The number of anilines is 2. The summed E-state index contributed by atoms with van der Waals surface area (Å²) in [6, 6.07) is 0.0627. The van der Waals surface area contributed by atoms with Crippen molar-refractivity contribution in [2.24, 2.45) is 0 Å². The number of aromatic nitrogens is 3. The molecule has 2 saturated heterocycles. The van der Waals surface area contributed by atoms with Gasteiger partial charge in [0.25, 0.3) is 0 Å². The van der Waals surface area contributed by atoms with Crippen molar-refractivity contribution >= 4 is 23.5 Å². The minimum absolute atomic E-state index is 0.0627. The number of rotatable bonds is 4. The zero-order valence-electron chi connectivity index (χ0n) is 14.4. The number of halogens is 1. The molecule has 0 aromatic carbocycles. The molecule has 8 nitrogen and oxygen atoms in total. The summed E-state index contributed by atoms with van der Waals surface area (Å²) in [4.78, 5) is 17.6. The van der Waals surface area contributed by atoms with Gasteiger partial charge in [0, 0.05) is 20.2 Å². The monoisotopic (exact) mass is 357 g/mol. The Morgan fingerprint density at radius 2 is 1.92 bits per heavy atom. The van der Waals surface area contributed by atoms with Crippen LogP contribution in [0.4, 0.5) is 11.9 Å². The lowest BCUT2D eigenvalue weighted by Crippen LogP contribution is -2.54. The first-order chi connectivity index (χ1) is 11.5. The van der Waals surface area contributed by atoms with Gasteiger partial charge in [-0.3, -0.25) is 0 Å². The van der Waals surface area contributed by atoms with Crippen LogP contribution < -0.4 is 9.80 Å². The van der Waals surface area contributed by atoms with E-state index in [0.717, 1.165) is 6.54 Å². The van der Waals surface area contributed by atoms with Crippen LogP contribution in [-0.2, 0) is 14.2 Å². The number of hydrogen-bond donors (Lipinski definition) is 0. The van der Waals surface area contributed by atoms with Crippen LogP contribution in [0.25, 0.3) is 0 Å². The van der Waals surface area contributed by atoms with Gasteiger partial charge in [-0.15, -0.1) is 0 Å². The second-order valence-corrected chi connectivity index (χ2v) is 6.94. The summed E-state index contributed by atoms with van der Waals surface area (Å²) in [5, 5.41) is 0.194. The first-order valence-corrected chi connectivity index (χ1v) is 8.49. The van der Waals surface area contributed by atoms with Crippen molar-refractivity contribution in [3.05, 3.63) is 5.28 Å². The Morgan fingerprint density at radius 3 is 2.67 bits per heavy atom. The zero-order chi connectivity index (χ0) is 17.2. The van der Waals surface area contributed by atoms with Gasteiger partial charge in [-0.1, -0.05) is 0 Å². The largest absolute Gasteiger partial charge is 0.382 e. The Hall–Kier alpha value is -1.22. The molecule has 24 heavy (non-hydrogen) atoms. The SMILES string of the molecule is COC[C@@H]1COCCN1c1nc(Cl)nc(N2CCOCC2(C)C)n1. The lowest BCUT2D eigenvalue weighted by molar-refractivity contribution is 0.0589. The van der Waals surface area contributed by atoms with Gasteiger partial charge in [-0.25, -0.2) is 0 Å². The maximum atomic E-state index is 6.20. The van der Waals surface area contributed by atoms with Crippen LogP contribution >= 0.6 is 11.6 Å². The highest BCUT2D eigenvalue weighted by molar-refractivity contribution is 6.28. The quantitative estimate of drug-likeness (QED) is 0.790. The predicted octanol–water partition coefficient (Wildman–Crippen LogP) is 0.992. The molecule has 2 aliphatic rings. The van der Waals surface area contributed by atoms with Gasteiger partial charge in [0.05, 0.1) is 44.6 Å². The molecule has 1 atom stereocenters. The van der Waals surface area contributed by atoms with E-state index in [1.54, 1.807) is 7.11 Å². The summed E-state index contributed by atoms with van der Waals surface area (Å²) in [6.07, 6.45) is 0. The molecule has 2 aliphatic heterocycles. The first-order valence-electron chi connectivity index (χ1n) is 8.11. The van der Waals surface area contributed by atoms with E-state index < -0.39 is 0 Å². The summed E-state index contributed by atoms with van der Waals surface area (Å²) in [6.45, 7) is 8.64. The highest BCUT2D eigenvalue weighted by Gasteiger charge is 2.34. The molecule has 0 amide bonds. The van der Waals surface area contributed by atoms with Gasteiger partial charge in [0.1, 0.15) is 0 Å². The molecule has 0 spiro atoms. The molecule has 3 rings (SSSR count). The average molecular weight is 358 g/mol. The lowest BCUT2D eigenvalue weighted by atomic mass is 10.0. The van der Waals surface area contributed by atoms with Crippen molar-refractivity contribution in [3.63, 3.8) is 0 Å². The third-order valence-corrected chi connectivity index (χ3v) is 4.48. The minimum atomic E-state index is -0.197. The van der Waals surface area contributed by atoms with Crippen molar-refractivity contribution in [3.8, 4) is 0 Å². The molecular formula is C15H24ClN5O3. The van der Waals surface area contributed by atoms with E-state index in [-0.39, 0.29) is 16.9 Å². The fourth-order valence-corrected chi connectivity index (χ4v) is 3.21. The molecule has 0 saturated carbocycles. The normalized spacial score (nSPS) is 24.2. The Bertz CT molecular complexity index is 572. The minimum Gasteiger partial charge on any atom is -0.382 e. The molecule has 0 radical (unpaired) electrons. The molecule has 3 heterocycles. The molecule has 9 heteroatoms. The van der Waals surface area contributed by atoms with Crippen molar-refractivity contribution in [1.82, 2.24) is 15.0 Å². The molecule has 0 bridgehead atoms. The van der Waals surface area contributed by atoms with E-state index in [2.05, 4.69) is 38.6 Å². The van der Waals surface area contributed by atoms with Crippen molar-refractivity contribution in [1.29, 1.82) is 0 Å². The topological polar surface area (TPSA) is 72.8 Å². The van der Waals surface area contributed by atoms with Crippen LogP contribution in [0.15, 0.2) is 0 Å². The fraction of sp³-hybridized carbons (Fsp3) is 0.800. The number of methoxy groups -OCH3 is 1. The molecule has 134 valence electrons. The Balaban J connectivity index is 1.90. The van der Waals surface area contributed by atoms with Crippen molar-refractivity contribution in [2.45, 2.75) is 25.4 Å². The van der Waals surface area contributed by atoms with E-state index in [0.29, 0.717) is 51.5 Å². The van der Waals surface area contributed by atoms with Crippen LogP contribution in [0.5, 0.6) is 0 Å². The van der Waals surface area contributed by atoms with Crippen LogP contribution in [0.3, 0.4) is 0 Å². The maximum Gasteiger partial charge on any atom is 0.232 e. The summed E-state index contributed by atoms with van der Waals surface area (Å²) in [5.41, 5.74) is -0.197. The highest BCUT2D eigenvalue weighted by Crippen LogP contribution is 2.27. The Kier molecular flexibility index (Phi) is 5.39. The molecule has 1 aromatic rings. The molecule has 0 unspecified atom stereocenters. The van der Waals surface area contributed by atoms with Gasteiger partial charge in [0.2, 0.25) is 17.2 Å². The molecule has 2 fully saturated rings. The molecule has 1 aromatic heterocycles. The predicted molar refractivity (Wildman–Crippen MR) is 90.9 cm³/mol. The standard InChI is InChI=1S/C15H24ClN5O3/c1-15(2)10-24-7-5-21(15)14-18-12(16)17-13(19-14)20-4-6-23-9-11(20)8-22-3/h11H,4-10H2,1-3H3/t11-/m1/s1. The van der Waals surface area contributed by atoms with Gasteiger partial charge >= 0.3 is 0 Å². The second kappa shape index (κ2) is 7.35. The first kappa shape index (κ1) is 17.6. The van der Waals surface area contributed by atoms with E-state index in [9.17, 15) is 0 Å². The lowest BCUT2D eigenvalue weighted by Gasteiger charge is -2.42. The number of hydrogen-bond acceptors (Lipinski definition) is 8. The van der Waals surface area contributed by atoms with Gasteiger partial charge in [-0.2, -0.15) is 15.0 Å². The zero-order valence-corrected chi connectivity index (χ0v) is 15.1. The Morgan fingerprint density at radius 1 is 1.17 bits per heavy atom. The van der Waals surface area contributed by atoms with Crippen molar-refractivity contribution in [2.75, 3.05) is 63.0 Å². The third-order valence-electron chi connectivity index (χ3n) is 4.31. The fourth-order valence-electron chi connectivity index (χ4n) is 3.06. The number of nitrogens with zero attached hydrogens (tertiary/aromatic N) is 5. The van der Waals surface area contributed by atoms with Crippen LogP contribution in [0, 0.1) is 0 Å². The van der Waals surface area contributed by atoms with Gasteiger partial charge in [-0.05, 0) is 25.4 Å². The average Bonchev–Trinajstić information content (AvgIpc) is 2.54. The number of morpholine rings is 2. The molecule has 0 N–H and O–H groups in total. The summed E-state index contributed by atoms with van der Waals surface area (Å²) < 4.78 is 16.4. The second-order valence-electron chi connectivity index (χ2n) is 6.60. The highest BCUT2D eigenvalue weighted by atomic mass is 35.5. The van der Waals surface area contributed by atoms with Crippen LogP contribution in [0.2, 0.25) is 5.28 Å². The van der Waals surface area contributed by atoms with Crippen LogP contribution in [-0.4, -0.2) is 79.8 Å². The maximum absolute atomic E-state index is 6.20. The molecular weight excluding hydrogens is 334 g/mol.